The summed E-state index contributed by atoms with van der Waals surface area (Å²) in [6.45, 7) is 2.32. The Morgan fingerprint density at radius 2 is 1.57 bits per heavy atom. The van der Waals surface area contributed by atoms with Crippen LogP contribution in [-0.4, -0.2) is 10.4 Å². The molecule has 3 aromatic heterocycles. The molecule has 0 spiro atoms. The molecule has 0 aliphatic heterocycles. The smallest absolute Gasteiger partial charge is 0.143 e. The molecule has 1 atom stereocenters. The first-order chi connectivity index (χ1) is 28.5. The third-order valence-corrected chi connectivity index (χ3v) is 12.2. The van der Waals surface area contributed by atoms with Crippen LogP contribution in [-0.2, 0) is 18.3 Å². The normalized spacial score (nSPS) is 16.6. The van der Waals surface area contributed by atoms with Crippen molar-refractivity contribution in [3.05, 3.63) is 198 Å². The number of benzene rings is 6. The van der Waals surface area contributed by atoms with Crippen LogP contribution in [0.1, 0.15) is 53.5 Å². The Kier molecular flexibility index (Phi) is 7.97. The average Bonchev–Trinajstić information content (AvgIpc) is 3.93. The fourth-order valence-electron chi connectivity index (χ4n) is 9.19. The number of nitrogens with zero attached hydrogens (tertiary/aromatic N) is 2. The minimum atomic E-state index is -0.147. The molecule has 3 heterocycles. The Balaban J connectivity index is 1.05. The van der Waals surface area contributed by atoms with Gasteiger partial charge in [-0.3, -0.25) is 0 Å². The zero-order valence-corrected chi connectivity index (χ0v) is 32.3. The molecule has 58 heavy (non-hydrogen) atoms. The van der Waals surface area contributed by atoms with Crippen molar-refractivity contribution in [1.29, 1.82) is 0 Å². The summed E-state index contributed by atoms with van der Waals surface area (Å²) in [6.07, 6.45) is 16.8. The van der Waals surface area contributed by atoms with Gasteiger partial charge in [0.2, 0.25) is 0 Å². The third kappa shape index (κ3) is 5.57. The minimum absolute atomic E-state index is 0.147. The second-order valence-electron chi connectivity index (χ2n) is 15.8. The van der Waals surface area contributed by atoms with Gasteiger partial charge in [-0.15, -0.1) is 0 Å². The highest BCUT2D eigenvalue weighted by molar-refractivity contribution is 6.12. The van der Waals surface area contributed by atoms with E-state index in [1.165, 1.54) is 22.2 Å². The monoisotopic (exact) mass is 751 g/mol. The maximum Gasteiger partial charge on any atom is 0.143 e. The van der Waals surface area contributed by atoms with Gasteiger partial charge in [-0.1, -0.05) is 116 Å². The summed E-state index contributed by atoms with van der Waals surface area (Å²) in [5, 5.41) is 4.29. The Bertz CT molecular complexity index is 3190. The number of hydrogen-bond donors (Lipinski definition) is 1. The lowest BCUT2D eigenvalue weighted by Crippen LogP contribution is -2.19. The molecule has 0 radical (unpaired) electrons. The fraction of sp³-hybridized carbons (Fsp3) is 0.113. The molecular formula is C53H41N3O2. The molecule has 5 nitrogen and oxygen atoms in total. The number of fused-ring (bicyclic) bond motifs is 7. The van der Waals surface area contributed by atoms with E-state index in [1.807, 2.05) is 18.2 Å². The summed E-state index contributed by atoms with van der Waals surface area (Å²) >= 11 is 0. The molecule has 280 valence electrons. The van der Waals surface area contributed by atoms with Crippen molar-refractivity contribution in [2.75, 3.05) is 0 Å². The summed E-state index contributed by atoms with van der Waals surface area (Å²) in [5.74, 6) is 1.21. The van der Waals surface area contributed by atoms with Crippen LogP contribution < -0.4 is 5.73 Å². The molecule has 5 heteroatoms. The lowest BCUT2D eigenvalue weighted by atomic mass is 9.76. The van der Waals surface area contributed by atoms with Crippen LogP contribution in [0.2, 0.25) is 0 Å². The number of aromatic nitrogens is 1. The first-order valence-electron chi connectivity index (χ1n) is 20.2. The van der Waals surface area contributed by atoms with Crippen LogP contribution in [0.3, 0.4) is 0 Å². The number of para-hydroxylation sites is 2. The number of aliphatic imine (C=N–C) groups is 1. The van der Waals surface area contributed by atoms with E-state index in [0.29, 0.717) is 12.3 Å². The number of amidine groups is 1. The minimum Gasteiger partial charge on any atom is -0.458 e. The Morgan fingerprint density at radius 3 is 2.41 bits per heavy atom. The molecule has 2 N–H and O–H groups in total. The molecule has 1 unspecified atom stereocenters. The van der Waals surface area contributed by atoms with Crippen molar-refractivity contribution in [2.24, 2.45) is 10.7 Å². The highest BCUT2D eigenvalue weighted by Crippen LogP contribution is 2.44. The molecule has 0 amide bonds. The molecule has 9 aromatic rings. The van der Waals surface area contributed by atoms with Gasteiger partial charge in [0.15, 0.2) is 0 Å². The van der Waals surface area contributed by atoms with Crippen LogP contribution in [0.25, 0.3) is 66.7 Å². The van der Waals surface area contributed by atoms with E-state index in [2.05, 4.69) is 163 Å². The molecule has 11 rings (SSSR count). The van der Waals surface area contributed by atoms with E-state index in [9.17, 15) is 0 Å². The van der Waals surface area contributed by atoms with Crippen molar-refractivity contribution in [3.8, 4) is 16.8 Å². The summed E-state index contributed by atoms with van der Waals surface area (Å²) in [5.41, 5.74) is 20.5. The number of hydrogen-bond acceptors (Lipinski definition) is 3. The van der Waals surface area contributed by atoms with Gasteiger partial charge < -0.3 is 19.1 Å². The summed E-state index contributed by atoms with van der Waals surface area (Å²) in [7, 11) is 0. The van der Waals surface area contributed by atoms with Gasteiger partial charge in [0.25, 0.3) is 0 Å². The maximum absolute atomic E-state index is 7.00. The van der Waals surface area contributed by atoms with E-state index >= 15 is 0 Å². The summed E-state index contributed by atoms with van der Waals surface area (Å²) < 4.78 is 15.9. The average molecular weight is 752 g/mol. The zero-order chi connectivity index (χ0) is 38.8. The van der Waals surface area contributed by atoms with E-state index in [-0.39, 0.29) is 5.41 Å². The van der Waals surface area contributed by atoms with E-state index in [4.69, 9.17) is 19.6 Å². The quantitative estimate of drug-likeness (QED) is 0.130. The second kappa shape index (κ2) is 13.5. The van der Waals surface area contributed by atoms with Crippen molar-refractivity contribution in [2.45, 2.75) is 38.0 Å². The molecule has 2 aliphatic rings. The predicted molar refractivity (Wildman–Crippen MR) is 239 cm³/mol. The molecule has 0 fully saturated rings. The lowest BCUT2D eigenvalue weighted by Gasteiger charge is -2.28. The van der Waals surface area contributed by atoms with Crippen LogP contribution >= 0.6 is 0 Å². The van der Waals surface area contributed by atoms with Gasteiger partial charge in [-0.25, -0.2) is 4.99 Å². The van der Waals surface area contributed by atoms with Crippen LogP contribution in [0.5, 0.6) is 0 Å². The molecule has 2 aliphatic carbocycles. The van der Waals surface area contributed by atoms with E-state index in [1.54, 1.807) is 0 Å². The first kappa shape index (κ1) is 34.2. The van der Waals surface area contributed by atoms with Crippen molar-refractivity contribution >= 4 is 61.4 Å². The number of allylic oxidation sites excluding steroid dienone is 5. The standard InChI is InChI=1S/C53H41N3O2/c1-53(28-13-4-14-29-53)37-32-41(34-16-5-2-6-17-34)51-43(33-37)49-35(18-15-25-47(49)58-51)31-48-50(40-22-10-12-24-46(40)57-48)55-52(54)36-26-27-45-42(30-36)39-21-9-11-23-44(39)56(45)38-19-7-3-8-20-38/h2-10,12-22,24-28,30,32-33H,11,23,29,31H2,1H3,(H2,54,55). The highest BCUT2D eigenvalue weighted by Gasteiger charge is 2.28. The lowest BCUT2D eigenvalue weighted by molar-refractivity contribution is 0.564. The van der Waals surface area contributed by atoms with E-state index in [0.717, 1.165) is 97.1 Å². The van der Waals surface area contributed by atoms with Gasteiger partial charge in [0.05, 0.1) is 5.52 Å². The summed E-state index contributed by atoms with van der Waals surface area (Å²) in [6, 6.07) is 46.7. The van der Waals surface area contributed by atoms with Gasteiger partial charge in [0.1, 0.15) is 34.0 Å². The van der Waals surface area contributed by atoms with Crippen molar-refractivity contribution in [3.63, 3.8) is 0 Å². The number of nitrogens with two attached hydrogens (primary N) is 1. The number of furan rings is 2. The topological polar surface area (TPSA) is 69.6 Å². The first-order valence-corrected chi connectivity index (χ1v) is 20.2. The molecule has 0 saturated heterocycles. The zero-order valence-electron chi connectivity index (χ0n) is 32.3. The fourth-order valence-corrected chi connectivity index (χ4v) is 9.19. The van der Waals surface area contributed by atoms with Crippen molar-refractivity contribution < 1.29 is 8.83 Å². The van der Waals surface area contributed by atoms with Crippen LogP contribution in [0, 0.1) is 0 Å². The van der Waals surface area contributed by atoms with Gasteiger partial charge in [-0.05, 0) is 96.6 Å². The third-order valence-electron chi connectivity index (χ3n) is 12.2. The van der Waals surface area contributed by atoms with Gasteiger partial charge in [0, 0.05) is 61.5 Å². The predicted octanol–water partition coefficient (Wildman–Crippen LogP) is 13.3. The Hall–Kier alpha value is -7.11. The summed E-state index contributed by atoms with van der Waals surface area (Å²) in [4.78, 5) is 5.20. The molecule has 0 saturated carbocycles. The molecular weight excluding hydrogens is 711 g/mol. The van der Waals surface area contributed by atoms with Crippen molar-refractivity contribution in [1.82, 2.24) is 4.57 Å². The Labute approximate surface area is 336 Å². The highest BCUT2D eigenvalue weighted by atomic mass is 16.3. The number of rotatable bonds is 7. The van der Waals surface area contributed by atoms with E-state index < -0.39 is 0 Å². The van der Waals surface area contributed by atoms with Crippen LogP contribution in [0.15, 0.2) is 178 Å². The van der Waals surface area contributed by atoms with Gasteiger partial charge in [-0.2, -0.15) is 0 Å². The largest absolute Gasteiger partial charge is 0.458 e. The van der Waals surface area contributed by atoms with Crippen LogP contribution in [0.4, 0.5) is 5.69 Å². The molecule has 0 bridgehead atoms. The van der Waals surface area contributed by atoms with Gasteiger partial charge >= 0.3 is 0 Å². The second-order valence-corrected chi connectivity index (χ2v) is 15.8. The molecule has 6 aromatic carbocycles. The Morgan fingerprint density at radius 1 is 0.759 bits per heavy atom. The maximum atomic E-state index is 7.00. The SMILES string of the molecule is CC1(c2cc(-c3ccccc3)c3oc4cccc(Cc5oc6ccccc6c5N=C(N)c5ccc6c(c5)c5c(n6-c6ccccc6)CCC=C5)c4c3c2)C=CC=CC1.